The second-order valence-corrected chi connectivity index (χ2v) is 3.61. The average molecular weight is 226 g/mol. The number of nitrogens with zero attached hydrogens (tertiary/aromatic N) is 1. The number of hydrogen-bond acceptors (Lipinski definition) is 2. The van der Waals surface area contributed by atoms with Gasteiger partial charge in [0.1, 0.15) is 0 Å². The minimum absolute atomic E-state index is 0.300. The van der Waals surface area contributed by atoms with Crippen LogP contribution in [0.2, 0.25) is 0 Å². The van der Waals surface area contributed by atoms with E-state index in [0.29, 0.717) is 11.6 Å². The van der Waals surface area contributed by atoms with Crippen molar-refractivity contribution in [1.82, 2.24) is 0 Å². The van der Waals surface area contributed by atoms with Crippen LogP contribution in [0.15, 0.2) is 41.4 Å². The van der Waals surface area contributed by atoms with Gasteiger partial charge in [-0.15, -0.1) is 0 Å². The van der Waals surface area contributed by atoms with Gasteiger partial charge in [-0.1, -0.05) is 29.8 Å². The Kier molecular flexibility index (Phi) is 4.18. The molecule has 0 fully saturated rings. The van der Waals surface area contributed by atoms with Crippen LogP contribution in [0, 0.1) is 0 Å². The molecule has 1 rings (SSSR count). The molecule has 0 heterocycles. The molecule has 1 aromatic rings. The Labute approximate surface area is 93.6 Å². The van der Waals surface area contributed by atoms with Gasteiger partial charge in [0.05, 0.1) is 6.54 Å². The van der Waals surface area contributed by atoms with Crippen molar-refractivity contribution in [3.05, 3.63) is 41.4 Å². The normalized spacial score (nSPS) is 11.2. The number of anilines is 1. The van der Waals surface area contributed by atoms with E-state index in [0.717, 1.165) is 11.8 Å². The Bertz CT molecular complexity index is 362. The predicted molar refractivity (Wildman–Crippen MR) is 61.3 cm³/mol. The minimum Gasteiger partial charge on any atom is -0.478 e. The van der Waals surface area contributed by atoms with E-state index in [4.69, 9.17) is 16.7 Å². The first-order valence-corrected chi connectivity index (χ1v) is 4.82. The van der Waals surface area contributed by atoms with Crippen LogP contribution in [0.25, 0.3) is 0 Å². The molecule has 80 valence electrons. The van der Waals surface area contributed by atoms with Gasteiger partial charge < -0.3 is 10.0 Å². The number of rotatable bonds is 4. The first-order valence-electron chi connectivity index (χ1n) is 4.45. The lowest BCUT2D eigenvalue weighted by Gasteiger charge is -2.18. The summed E-state index contributed by atoms with van der Waals surface area (Å²) < 4.78 is 0. The van der Waals surface area contributed by atoms with Crippen molar-refractivity contribution >= 4 is 23.3 Å². The van der Waals surface area contributed by atoms with E-state index in [1.807, 2.05) is 42.3 Å². The lowest BCUT2D eigenvalue weighted by Crippen LogP contribution is -2.18. The number of carbonyl (C=O) groups is 1. The summed E-state index contributed by atoms with van der Waals surface area (Å²) >= 11 is 5.76. The Balaban J connectivity index is 2.64. The van der Waals surface area contributed by atoms with Gasteiger partial charge in [-0.25, -0.2) is 4.79 Å². The number of likely N-dealkylation sites (N-methyl/N-ethyl adjacent to an activating group) is 1. The molecule has 15 heavy (non-hydrogen) atoms. The molecular weight excluding hydrogens is 214 g/mol. The zero-order valence-electron chi connectivity index (χ0n) is 8.35. The van der Waals surface area contributed by atoms with Crippen molar-refractivity contribution in [2.75, 3.05) is 18.5 Å². The molecule has 0 aromatic heterocycles. The topological polar surface area (TPSA) is 40.5 Å². The number of carboxylic acids is 1. The van der Waals surface area contributed by atoms with Gasteiger partial charge in [0.25, 0.3) is 0 Å². The molecule has 1 aromatic carbocycles. The highest BCUT2D eigenvalue weighted by molar-refractivity contribution is 6.31. The van der Waals surface area contributed by atoms with Gasteiger partial charge in [0.15, 0.2) is 0 Å². The molecule has 0 unspecified atom stereocenters. The average Bonchev–Trinajstić information content (AvgIpc) is 2.17. The molecule has 0 saturated heterocycles. The maximum atomic E-state index is 10.3. The largest absolute Gasteiger partial charge is 0.478 e. The Hall–Kier alpha value is -1.48. The second-order valence-electron chi connectivity index (χ2n) is 3.12. The maximum Gasteiger partial charge on any atom is 0.329 e. The van der Waals surface area contributed by atoms with Crippen LogP contribution in [0.5, 0.6) is 0 Å². The highest BCUT2D eigenvalue weighted by atomic mass is 35.5. The van der Waals surface area contributed by atoms with E-state index < -0.39 is 5.97 Å². The van der Waals surface area contributed by atoms with Crippen molar-refractivity contribution in [2.45, 2.75) is 0 Å². The predicted octanol–water partition coefficient (Wildman–Crippen LogP) is 2.33. The Morgan fingerprint density at radius 3 is 2.60 bits per heavy atom. The maximum absolute atomic E-state index is 10.3. The van der Waals surface area contributed by atoms with Gasteiger partial charge in [0.2, 0.25) is 0 Å². The SMILES string of the molecule is CN(C/C(Cl)=C/C(=O)O)c1ccccc1. The monoisotopic (exact) mass is 225 g/mol. The highest BCUT2D eigenvalue weighted by Gasteiger charge is 2.03. The van der Waals surface area contributed by atoms with Crippen molar-refractivity contribution in [2.24, 2.45) is 0 Å². The summed E-state index contributed by atoms with van der Waals surface area (Å²) in [5.74, 6) is -1.03. The van der Waals surface area contributed by atoms with Crippen LogP contribution < -0.4 is 4.90 Å². The minimum atomic E-state index is -1.03. The molecule has 0 spiro atoms. The molecule has 0 aliphatic rings. The molecule has 0 bridgehead atoms. The van der Waals surface area contributed by atoms with Crippen molar-refractivity contribution in [1.29, 1.82) is 0 Å². The summed E-state index contributed by atoms with van der Waals surface area (Å²) in [6.07, 6.45) is 1.00. The smallest absolute Gasteiger partial charge is 0.329 e. The molecule has 0 atom stereocenters. The quantitative estimate of drug-likeness (QED) is 0.800. The molecule has 0 saturated carbocycles. The molecule has 0 aliphatic carbocycles. The lowest BCUT2D eigenvalue weighted by molar-refractivity contribution is -0.131. The van der Waals surface area contributed by atoms with Gasteiger partial charge in [0, 0.05) is 23.8 Å². The summed E-state index contributed by atoms with van der Waals surface area (Å²) in [5.41, 5.74) is 0.995. The number of halogens is 1. The van der Waals surface area contributed by atoms with Gasteiger partial charge in [-0.05, 0) is 12.1 Å². The van der Waals surface area contributed by atoms with E-state index in [2.05, 4.69) is 0 Å². The van der Waals surface area contributed by atoms with Gasteiger partial charge in [-0.2, -0.15) is 0 Å². The van der Waals surface area contributed by atoms with Crippen molar-refractivity contribution in [3.8, 4) is 0 Å². The lowest BCUT2D eigenvalue weighted by atomic mass is 10.3. The van der Waals surface area contributed by atoms with E-state index >= 15 is 0 Å². The number of hydrogen-bond donors (Lipinski definition) is 1. The summed E-state index contributed by atoms with van der Waals surface area (Å²) in [5, 5.41) is 8.79. The molecule has 0 amide bonds. The van der Waals surface area contributed by atoms with Gasteiger partial charge in [-0.3, -0.25) is 0 Å². The number of benzene rings is 1. The molecule has 0 radical (unpaired) electrons. The van der Waals surface area contributed by atoms with Crippen LogP contribution >= 0.6 is 11.6 Å². The fourth-order valence-corrected chi connectivity index (χ4v) is 1.45. The number of para-hydroxylation sites is 1. The van der Waals surface area contributed by atoms with E-state index in [1.165, 1.54) is 0 Å². The van der Waals surface area contributed by atoms with Gasteiger partial charge >= 0.3 is 5.97 Å². The third-order valence-corrected chi connectivity index (χ3v) is 2.09. The number of carboxylic acid groups (broad SMARTS) is 1. The fraction of sp³-hybridized carbons (Fsp3) is 0.182. The van der Waals surface area contributed by atoms with Crippen LogP contribution in [0.4, 0.5) is 5.69 Å². The first kappa shape index (κ1) is 11.6. The standard InChI is InChI=1S/C11H12ClNO2/c1-13(8-9(12)7-11(14)15)10-5-3-2-4-6-10/h2-7H,8H2,1H3,(H,14,15)/b9-7-. The van der Waals surface area contributed by atoms with Crippen LogP contribution in [-0.4, -0.2) is 24.7 Å². The third kappa shape index (κ3) is 4.04. The fourth-order valence-electron chi connectivity index (χ4n) is 1.18. The van der Waals surface area contributed by atoms with Crippen LogP contribution in [-0.2, 0) is 4.79 Å². The third-order valence-electron chi connectivity index (χ3n) is 1.87. The molecule has 1 N–H and O–H groups in total. The Morgan fingerprint density at radius 1 is 1.47 bits per heavy atom. The molecule has 0 aliphatic heterocycles. The first-order chi connectivity index (χ1) is 7.09. The van der Waals surface area contributed by atoms with Crippen molar-refractivity contribution in [3.63, 3.8) is 0 Å². The Morgan fingerprint density at radius 2 is 2.07 bits per heavy atom. The van der Waals surface area contributed by atoms with Crippen LogP contribution in [0.3, 0.4) is 0 Å². The molecule has 3 nitrogen and oxygen atoms in total. The number of aliphatic carboxylic acids is 1. The summed E-state index contributed by atoms with van der Waals surface area (Å²) in [7, 11) is 1.85. The summed E-state index contributed by atoms with van der Waals surface area (Å²) in [6.45, 7) is 0.387. The zero-order chi connectivity index (χ0) is 11.3. The van der Waals surface area contributed by atoms with E-state index in [1.54, 1.807) is 0 Å². The van der Waals surface area contributed by atoms with E-state index in [9.17, 15) is 4.79 Å². The molecule has 4 heteroatoms. The zero-order valence-corrected chi connectivity index (χ0v) is 9.11. The second kappa shape index (κ2) is 5.41. The molecular formula is C11H12ClNO2. The van der Waals surface area contributed by atoms with Crippen LogP contribution in [0.1, 0.15) is 0 Å². The summed E-state index contributed by atoms with van der Waals surface area (Å²) in [6, 6.07) is 9.63. The highest BCUT2D eigenvalue weighted by Crippen LogP contribution is 2.13. The van der Waals surface area contributed by atoms with E-state index in [-0.39, 0.29) is 0 Å². The van der Waals surface area contributed by atoms with Crippen molar-refractivity contribution < 1.29 is 9.90 Å². The summed E-state index contributed by atoms with van der Waals surface area (Å²) in [4.78, 5) is 12.2.